The first kappa shape index (κ1) is 20.2. The van der Waals surface area contributed by atoms with Crippen molar-refractivity contribution in [2.24, 2.45) is 0 Å². The Morgan fingerprint density at radius 2 is 1.73 bits per heavy atom. The Kier molecular flexibility index (Phi) is 8.89. The monoisotopic (exact) mass is 386 g/mol. The van der Waals surface area contributed by atoms with Crippen LogP contribution < -0.4 is 17.7 Å². The average molecular weight is 387 g/mol. The number of nitrogens with zero attached hydrogens (tertiary/aromatic N) is 4. The average Bonchev–Trinajstić information content (AvgIpc) is 3.14. The summed E-state index contributed by atoms with van der Waals surface area (Å²) in [5.41, 5.74) is 2.21. The summed E-state index contributed by atoms with van der Waals surface area (Å²) in [6.07, 6.45) is 5.35. The van der Waals surface area contributed by atoms with Gasteiger partial charge in [-0.15, -0.1) is 5.10 Å². The number of hydrogen-bond donors (Lipinski definition) is 1. The molecule has 1 heterocycles. The molecule has 0 saturated carbocycles. The number of para-hydroxylation sites is 1. The van der Waals surface area contributed by atoms with Gasteiger partial charge < -0.3 is 17.7 Å². The fraction of sp³-hybridized carbons (Fsp3) is 0.211. The molecule has 0 aliphatic heterocycles. The van der Waals surface area contributed by atoms with Gasteiger partial charge >= 0.3 is 0 Å². The van der Waals surface area contributed by atoms with Crippen LogP contribution in [0.2, 0.25) is 0 Å². The molecule has 0 aliphatic rings. The van der Waals surface area contributed by atoms with E-state index in [1.807, 2.05) is 48.5 Å². The molecule has 0 aliphatic carbocycles. The summed E-state index contributed by atoms with van der Waals surface area (Å²) >= 11 is 1.68. The molecule has 1 aromatic heterocycles. The van der Waals surface area contributed by atoms with Gasteiger partial charge in [-0.3, -0.25) is 0 Å². The zero-order valence-electron chi connectivity index (χ0n) is 14.3. The minimum absolute atomic E-state index is 0. The van der Waals surface area contributed by atoms with Gasteiger partial charge in [0.2, 0.25) is 5.16 Å². The van der Waals surface area contributed by atoms with E-state index < -0.39 is 0 Å². The molecular formula is C19H21ClN5S-. The maximum atomic E-state index is 4.11. The van der Waals surface area contributed by atoms with Crippen LogP contribution in [0.5, 0.6) is 0 Å². The van der Waals surface area contributed by atoms with Crippen molar-refractivity contribution < 1.29 is 12.4 Å². The third kappa shape index (κ3) is 6.29. The van der Waals surface area contributed by atoms with Gasteiger partial charge in [0.25, 0.3) is 0 Å². The second-order valence-corrected chi connectivity index (χ2v) is 6.49. The van der Waals surface area contributed by atoms with E-state index in [1.165, 1.54) is 5.56 Å². The summed E-state index contributed by atoms with van der Waals surface area (Å²) in [5.74, 6) is 0.975. The number of rotatable bonds is 9. The molecule has 2 aromatic carbocycles. The van der Waals surface area contributed by atoms with E-state index in [9.17, 15) is 0 Å². The van der Waals surface area contributed by atoms with Crippen molar-refractivity contribution in [3.8, 4) is 5.69 Å². The first-order valence-corrected chi connectivity index (χ1v) is 9.31. The molecule has 0 saturated heterocycles. The lowest BCUT2D eigenvalue weighted by Gasteiger charge is -2.04. The number of nitrogens with one attached hydrogen (secondary N) is 1. The third-order valence-corrected chi connectivity index (χ3v) is 4.55. The second kappa shape index (κ2) is 11.5. The van der Waals surface area contributed by atoms with Crippen LogP contribution in [0.3, 0.4) is 0 Å². The molecule has 7 heteroatoms. The number of hydrogen-bond acceptors (Lipinski definition) is 5. The molecule has 0 fully saturated rings. The molecule has 0 radical (unpaired) electrons. The lowest BCUT2D eigenvalue weighted by Crippen LogP contribution is -3.00. The quantitative estimate of drug-likeness (QED) is 0.427. The van der Waals surface area contributed by atoms with Crippen molar-refractivity contribution in [1.29, 1.82) is 0 Å². The highest BCUT2D eigenvalue weighted by atomic mass is 35.5. The van der Waals surface area contributed by atoms with E-state index in [2.05, 4.69) is 45.1 Å². The van der Waals surface area contributed by atoms with E-state index in [4.69, 9.17) is 0 Å². The Morgan fingerprint density at radius 1 is 1.00 bits per heavy atom. The first-order valence-electron chi connectivity index (χ1n) is 8.32. The summed E-state index contributed by atoms with van der Waals surface area (Å²) in [4.78, 5) is 0. The van der Waals surface area contributed by atoms with Crippen LogP contribution in [0, 0.1) is 0 Å². The smallest absolute Gasteiger partial charge is 0.214 e. The highest BCUT2D eigenvalue weighted by Crippen LogP contribution is 2.18. The molecular weight excluding hydrogens is 366 g/mol. The Balaban J connectivity index is 0.00000243. The minimum Gasteiger partial charge on any atom is -1.00 e. The van der Waals surface area contributed by atoms with E-state index in [1.54, 1.807) is 16.4 Å². The van der Waals surface area contributed by atoms with Gasteiger partial charge in [-0.2, -0.15) is 4.68 Å². The molecule has 0 unspecified atom stereocenters. The summed E-state index contributed by atoms with van der Waals surface area (Å²) in [6.45, 7) is 1.85. The largest absolute Gasteiger partial charge is 1.00 e. The van der Waals surface area contributed by atoms with Crippen LogP contribution >= 0.6 is 11.8 Å². The SMILES string of the molecule is C(=C\c1ccccc1)/CNCCCSc1nnnn1-c1ccccc1.[Cl-]. The molecule has 3 aromatic rings. The van der Waals surface area contributed by atoms with Gasteiger partial charge in [-0.25, -0.2) is 0 Å². The maximum Gasteiger partial charge on any atom is 0.214 e. The first-order chi connectivity index (χ1) is 12.4. The summed E-state index contributed by atoms with van der Waals surface area (Å²) in [5, 5.41) is 16.2. The summed E-state index contributed by atoms with van der Waals surface area (Å²) < 4.78 is 1.78. The predicted octanol–water partition coefficient (Wildman–Crippen LogP) is 0.451. The molecule has 0 spiro atoms. The van der Waals surface area contributed by atoms with Crippen LogP contribution in [0.1, 0.15) is 12.0 Å². The zero-order valence-corrected chi connectivity index (χ0v) is 15.9. The van der Waals surface area contributed by atoms with Crippen molar-refractivity contribution in [3.63, 3.8) is 0 Å². The van der Waals surface area contributed by atoms with Crippen molar-refractivity contribution in [2.75, 3.05) is 18.8 Å². The van der Waals surface area contributed by atoms with Crippen molar-refractivity contribution in [3.05, 3.63) is 72.3 Å². The fourth-order valence-electron chi connectivity index (χ4n) is 2.31. The molecule has 0 bridgehead atoms. The zero-order chi connectivity index (χ0) is 17.2. The lowest BCUT2D eigenvalue weighted by atomic mass is 10.2. The van der Waals surface area contributed by atoms with E-state index in [-0.39, 0.29) is 12.4 Å². The number of tetrazole rings is 1. The number of halogens is 1. The Bertz CT molecular complexity index is 777. The van der Waals surface area contributed by atoms with E-state index in [0.29, 0.717) is 0 Å². The van der Waals surface area contributed by atoms with E-state index in [0.717, 1.165) is 36.1 Å². The van der Waals surface area contributed by atoms with Crippen LogP contribution in [0.15, 0.2) is 71.9 Å². The molecule has 0 atom stereocenters. The second-order valence-electron chi connectivity index (χ2n) is 5.43. The maximum absolute atomic E-state index is 4.11. The molecule has 136 valence electrons. The van der Waals surface area contributed by atoms with Crippen LogP contribution in [-0.4, -0.2) is 39.0 Å². The normalized spacial score (nSPS) is 10.8. The minimum atomic E-state index is 0. The lowest BCUT2D eigenvalue weighted by molar-refractivity contribution is -0.00000510. The highest BCUT2D eigenvalue weighted by molar-refractivity contribution is 7.99. The number of thioether (sulfide) groups is 1. The molecule has 0 amide bonds. The van der Waals surface area contributed by atoms with Crippen LogP contribution in [0.4, 0.5) is 0 Å². The van der Waals surface area contributed by atoms with Gasteiger partial charge in [-0.05, 0) is 41.1 Å². The molecule has 3 rings (SSSR count). The Hall–Kier alpha value is -2.15. The van der Waals surface area contributed by atoms with Gasteiger partial charge in [0.1, 0.15) is 0 Å². The summed E-state index contributed by atoms with van der Waals surface area (Å²) in [7, 11) is 0. The molecule has 26 heavy (non-hydrogen) atoms. The Morgan fingerprint density at radius 3 is 2.50 bits per heavy atom. The van der Waals surface area contributed by atoms with Crippen molar-refractivity contribution in [2.45, 2.75) is 11.6 Å². The van der Waals surface area contributed by atoms with Gasteiger partial charge in [-0.1, -0.05) is 72.4 Å². The highest BCUT2D eigenvalue weighted by Gasteiger charge is 2.07. The third-order valence-electron chi connectivity index (χ3n) is 3.54. The van der Waals surface area contributed by atoms with Crippen molar-refractivity contribution in [1.82, 2.24) is 25.5 Å². The standard InChI is InChI=1S/C19H21N5S.ClH/c1-3-9-17(10-4-1)11-7-14-20-15-8-16-25-19-21-22-23-24(19)18-12-5-2-6-13-18;/h1-7,9-13,20H,8,14-16H2;1H/p-1/b11-7+;. The van der Waals surface area contributed by atoms with E-state index >= 15 is 0 Å². The van der Waals surface area contributed by atoms with Gasteiger partial charge in [0.05, 0.1) is 5.69 Å². The number of benzene rings is 2. The van der Waals surface area contributed by atoms with Gasteiger partial charge in [0.15, 0.2) is 0 Å². The predicted molar refractivity (Wildman–Crippen MR) is 103 cm³/mol. The molecule has 1 N–H and O–H groups in total. The van der Waals surface area contributed by atoms with Crippen LogP contribution in [0.25, 0.3) is 11.8 Å². The Labute approximate surface area is 164 Å². The fourth-order valence-corrected chi connectivity index (χ4v) is 3.14. The number of aromatic nitrogens is 4. The van der Waals surface area contributed by atoms with Crippen molar-refractivity contribution >= 4 is 17.8 Å². The molecule has 5 nitrogen and oxygen atoms in total. The van der Waals surface area contributed by atoms with Crippen LogP contribution in [-0.2, 0) is 0 Å². The van der Waals surface area contributed by atoms with Gasteiger partial charge in [0, 0.05) is 12.3 Å². The summed E-state index contributed by atoms with van der Waals surface area (Å²) in [6, 6.07) is 20.3. The topological polar surface area (TPSA) is 55.6 Å².